The van der Waals surface area contributed by atoms with E-state index in [4.69, 9.17) is 0 Å². The lowest BCUT2D eigenvalue weighted by Crippen LogP contribution is -2.30. The van der Waals surface area contributed by atoms with Crippen molar-refractivity contribution in [3.05, 3.63) is 35.6 Å². The van der Waals surface area contributed by atoms with E-state index < -0.39 is 0 Å². The first-order valence-electron chi connectivity index (χ1n) is 6.00. The summed E-state index contributed by atoms with van der Waals surface area (Å²) in [4.78, 5) is 13.9. The number of Topliss-reactive ketones (excluding diaryl/α,β-unsaturated/α-hetero) is 1. The number of halogens is 1. The second-order valence-corrected chi connectivity index (χ2v) is 4.64. The van der Waals surface area contributed by atoms with Crippen LogP contribution in [0.2, 0.25) is 0 Å². The van der Waals surface area contributed by atoms with Crippen molar-refractivity contribution in [2.45, 2.75) is 20.3 Å². The van der Waals surface area contributed by atoms with Gasteiger partial charge in [0.25, 0.3) is 0 Å². The van der Waals surface area contributed by atoms with Crippen molar-refractivity contribution in [1.29, 1.82) is 0 Å². The van der Waals surface area contributed by atoms with Crippen LogP contribution in [-0.4, -0.2) is 30.8 Å². The normalized spacial score (nSPS) is 12.8. The Morgan fingerprint density at radius 1 is 1.35 bits per heavy atom. The van der Waals surface area contributed by atoms with Crippen LogP contribution < -0.4 is 0 Å². The van der Waals surface area contributed by atoms with E-state index in [-0.39, 0.29) is 11.6 Å². The van der Waals surface area contributed by atoms with E-state index in [0.29, 0.717) is 18.0 Å². The van der Waals surface area contributed by atoms with Gasteiger partial charge in [-0.05, 0) is 37.2 Å². The number of likely N-dealkylation sites (N-methyl/N-ethyl adjacent to an activating group) is 1. The Morgan fingerprint density at radius 2 is 1.94 bits per heavy atom. The molecule has 17 heavy (non-hydrogen) atoms. The van der Waals surface area contributed by atoms with Crippen molar-refractivity contribution < 1.29 is 9.18 Å². The quantitative estimate of drug-likeness (QED) is 0.709. The third-order valence-electron chi connectivity index (χ3n) is 2.90. The fourth-order valence-corrected chi connectivity index (χ4v) is 1.70. The van der Waals surface area contributed by atoms with Crippen molar-refractivity contribution in [3.8, 4) is 0 Å². The lowest BCUT2D eigenvalue weighted by atomic mass is 10.1. The second kappa shape index (κ2) is 6.50. The highest BCUT2D eigenvalue weighted by Gasteiger charge is 2.11. The van der Waals surface area contributed by atoms with Gasteiger partial charge in [0.05, 0.1) is 6.54 Å². The molecule has 0 saturated carbocycles. The lowest BCUT2D eigenvalue weighted by Gasteiger charge is -2.19. The smallest absolute Gasteiger partial charge is 0.176 e. The summed E-state index contributed by atoms with van der Waals surface area (Å²) < 4.78 is 12.7. The molecule has 0 fully saturated rings. The Morgan fingerprint density at radius 3 is 2.47 bits per heavy atom. The van der Waals surface area contributed by atoms with E-state index in [1.54, 1.807) is 0 Å². The fourth-order valence-electron chi connectivity index (χ4n) is 1.70. The third-order valence-corrected chi connectivity index (χ3v) is 2.90. The fraction of sp³-hybridized carbons (Fsp3) is 0.500. The minimum absolute atomic E-state index is 0.0378. The second-order valence-electron chi connectivity index (χ2n) is 4.64. The standard InChI is InChI=1S/C14H20FNO/c1-4-11(2)9-16(3)10-14(17)12-5-7-13(15)8-6-12/h5-8,11H,4,9-10H2,1-3H3. The summed E-state index contributed by atoms with van der Waals surface area (Å²) >= 11 is 0. The van der Waals surface area contributed by atoms with E-state index in [1.165, 1.54) is 24.3 Å². The SMILES string of the molecule is CCC(C)CN(C)CC(=O)c1ccc(F)cc1. The summed E-state index contributed by atoms with van der Waals surface area (Å²) in [6, 6.07) is 5.72. The molecule has 0 aliphatic heterocycles. The number of ketones is 1. The minimum Gasteiger partial charge on any atom is -0.299 e. The van der Waals surface area contributed by atoms with E-state index in [2.05, 4.69) is 13.8 Å². The highest BCUT2D eigenvalue weighted by atomic mass is 19.1. The summed E-state index contributed by atoms with van der Waals surface area (Å²) in [7, 11) is 1.94. The van der Waals surface area contributed by atoms with Crippen LogP contribution in [0.5, 0.6) is 0 Å². The van der Waals surface area contributed by atoms with Gasteiger partial charge in [0.15, 0.2) is 5.78 Å². The van der Waals surface area contributed by atoms with Crippen LogP contribution in [0.3, 0.4) is 0 Å². The Balaban J connectivity index is 2.51. The number of hydrogen-bond acceptors (Lipinski definition) is 2. The van der Waals surface area contributed by atoms with Crippen LogP contribution >= 0.6 is 0 Å². The number of carbonyl (C=O) groups excluding carboxylic acids is 1. The van der Waals surface area contributed by atoms with E-state index >= 15 is 0 Å². The molecule has 0 heterocycles. The average Bonchev–Trinajstić information content (AvgIpc) is 2.29. The van der Waals surface area contributed by atoms with Crippen LogP contribution in [0.25, 0.3) is 0 Å². The predicted molar refractivity (Wildman–Crippen MR) is 67.7 cm³/mol. The molecule has 0 amide bonds. The van der Waals surface area contributed by atoms with Crippen LogP contribution in [-0.2, 0) is 0 Å². The Bertz CT molecular complexity index is 361. The molecule has 2 nitrogen and oxygen atoms in total. The lowest BCUT2D eigenvalue weighted by molar-refractivity contribution is 0.0938. The minimum atomic E-state index is -0.311. The van der Waals surface area contributed by atoms with Gasteiger partial charge in [-0.25, -0.2) is 4.39 Å². The molecule has 0 spiro atoms. The van der Waals surface area contributed by atoms with Gasteiger partial charge >= 0.3 is 0 Å². The van der Waals surface area contributed by atoms with Crippen molar-refractivity contribution in [3.63, 3.8) is 0 Å². The third kappa shape index (κ3) is 4.65. The molecular formula is C14H20FNO. The van der Waals surface area contributed by atoms with E-state index in [9.17, 15) is 9.18 Å². The number of carbonyl (C=O) groups is 1. The van der Waals surface area contributed by atoms with Crippen molar-refractivity contribution in [2.75, 3.05) is 20.1 Å². The van der Waals surface area contributed by atoms with Crippen molar-refractivity contribution in [2.24, 2.45) is 5.92 Å². The topological polar surface area (TPSA) is 20.3 Å². The first-order valence-corrected chi connectivity index (χ1v) is 6.00. The molecule has 0 saturated heterocycles. The highest BCUT2D eigenvalue weighted by molar-refractivity contribution is 5.97. The Labute approximate surface area is 102 Å². The molecule has 0 aliphatic rings. The van der Waals surface area contributed by atoms with Gasteiger partial charge in [-0.2, -0.15) is 0 Å². The van der Waals surface area contributed by atoms with E-state index in [0.717, 1.165) is 13.0 Å². The molecule has 0 aliphatic carbocycles. The van der Waals surface area contributed by atoms with Gasteiger partial charge in [-0.1, -0.05) is 20.3 Å². The average molecular weight is 237 g/mol. The van der Waals surface area contributed by atoms with Gasteiger partial charge in [0, 0.05) is 12.1 Å². The molecule has 1 aromatic rings. The number of rotatable bonds is 6. The predicted octanol–water partition coefficient (Wildman–Crippen LogP) is 2.99. The molecule has 1 atom stereocenters. The van der Waals surface area contributed by atoms with Gasteiger partial charge in [-0.15, -0.1) is 0 Å². The molecule has 1 unspecified atom stereocenters. The molecule has 1 rings (SSSR count). The summed E-state index contributed by atoms with van der Waals surface area (Å²) in [6.45, 7) is 5.60. The molecule has 0 aromatic heterocycles. The van der Waals surface area contributed by atoms with Crippen molar-refractivity contribution in [1.82, 2.24) is 4.90 Å². The zero-order valence-corrected chi connectivity index (χ0v) is 10.7. The van der Waals surface area contributed by atoms with Gasteiger partial charge in [0.1, 0.15) is 5.82 Å². The molecule has 3 heteroatoms. The van der Waals surface area contributed by atoms with Crippen LogP contribution in [0.4, 0.5) is 4.39 Å². The molecule has 1 aromatic carbocycles. The monoisotopic (exact) mass is 237 g/mol. The first-order chi connectivity index (χ1) is 8.02. The maximum atomic E-state index is 12.7. The summed E-state index contributed by atoms with van der Waals surface area (Å²) in [6.07, 6.45) is 1.11. The molecule has 0 radical (unpaired) electrons. The Kier molecular flexibility index (Phi) is 5.29. The van der Waals surface area contributed by atoms with Crippen LogP contribution in [0.15, 0.2) is 24.3 Å². The molecule has 94 valence electrons. The van der Waals surface area contributed by atoms with E-state index in [1.807, 2.05) is 11.9 Å². The number of nitrogens with zero attached hydrogens (tertiary/aromatic N) is 1. The maximum absolute atomic E-state index is 12.7. The maximum Gasteiger partial charge on any atom is 0.176 e. The highest BCUT2D eigenvalue weighted by Crippen LogP contribution is 2.06. The van der Waals surface area contributed by atoms with Crippen LogP contribution in [0, 0.1) is 11.7 Å². The Hall–Kier alpha value is -1.22. The number of benzene rings is 1. The molecule has 0 N–H and O–H groups in total. The number of hydrogen-bond donors (Lipinski definition) is 0. The summed E-state index contributed by atoms with van der Waals surface area (Å²) in [5.74, 6) is 0.311. The van der Waals surface area contributed by atoms with Gasteiger partial charge < -0.3 is 0 Å². The van der Waals surface area contributed by atoms with Crippen LogP contribution in [0.1, 0.15) is 30.6 Å². The largest absolute Gasteiger partial charge is 0.299 e. The van der Waals surface area contributed by atoms with Crippen molar-refractivity contribution >= 4 is 5.78 Å². The van der Waals surface area contributed by atoms with Gasteiger partial charge in [0.2, 0.25) is 0 Å². The van der Waals surface area contributed by atoms with Gasteiger partial charge in [-0.3, -0.25) is 9.69 Å². The summed E-state index contributed by atoms with van der Waals surface area (Å²) in [5.41, 5.74) is 0.572. The molecular weight excluding hydrogens is 217 g/mol. The summed E-state index contributed by atoms with van der Waals surface area (Å²) in [5, 5.41) is 0. The zero-order valence-electron chi connectivity index (χ0n) is 10.7. The first kappa shape index (κ1) is 13.8. The molecule has 0 bridgehead atoms. The zero-order chi connectivity index (χ0) is 12.8.